The van der Waals surface area contributed by atoms with Gasteiger partial charge in [0.05, 0.1) is 19.8 Å². The highest BCUT2D eigenvalue weighted by molar-refractivity contribution is 14.1. The number of azo groups is 1. The first kappa shape index (κ1) is 28.1. The molecule has 1 N–H and O–H groups in total. The molecule has 0 bridgehead atoms. The molecule has 0 aromatic heterocycles. The van der Waals surface area contributed by atoms with Crippen LogP contribution in [-0.4, -0.2) is 52.4 Å². The van der Waals surface area contributed by atoms with Crippen molar-refractivity contribution in [1.82, 2.24) is 4.31 Å². The highest BCUT2D eigenvalue weighted by atomic mass is 127. The molecule has 0 fully saturated rings. The van der Waals surface area contributed by atoms with E-state index in [1.54, 1.807) is 48.5 Å². The number of amidine groups is 1. The average molecular weight is 671 g/mol. The molecule has 4 rings (SSSR count). The zero-order chi connectivity index (χ0) is 27.5. The fourth-order valence-electron chi connectivity index (χ4n) is 3.79. The minimum Gasteiger partial charge on any atom is -0.497 e. The first-order valence-corrected chi connectivity index (χ1v) is 15.0. The van der Waals surface area contributed by atoms with Crippen LogP contribution in [0.1, 0.15) is 16.7 Å². The van der Waals surface area contributed by atoms with E-state index in [9.17, 15) is 21.4 Å². The maximum atomic E-state index is 14.4. The molecular weight excluding hydrogens is 647 g/mol. The fraction of sp³-hybridized carbons (Fsp3) is 0.208. The summed E-state index contributed by atoms with van der Waals surface area (Å²) < 4.78 is 75.5. The minimum atomic E-state index is -4.95. The Hall–Kier alpha value is -2.92. The molecule has 14 heteroatoms. The molecule has 0 saturated heterocycles. The van der Waals surface area contributed by atoms with E-state index in [2.05, 4.69) is 15.2 Å². The minimum absolute atomic E-state index is 0.0254. The van der Waals surface area contributed by atoms with Gasteiger partial charge in [0.1, 0.15) is 21.3 Å². The van der Waals surface area contributed by atoms with Crippen molar-refractivity contribution in [2.24, 2.45) is 15.2 Å². The van der Waals surface area contributed by atoms with E-state index in [1.165, 1.54) is 20.3 Å². The van der Waals surface area contributed by atoms with E-state index < -0.39 is 29.9 Å². The fourth-order valence-corrected chi connectivity index (χ4v) is 7.55. The summed E-state index contributed by atoms with van der Waals surface area (Å²) in [4.78, 5) is 2.73. The van der Waals surface area contributed by atoms with Gasteiger partial charge in [0, 0.05) is 16.7 Å². The number of sulfonamides is 1. The molecule has 0 radical (unpaired) electrons. The van der Waals surface area contributed by atoms with Gasteiger partial charge in [-0.3, -0.25) is 4.55 Å². The van der Waals surface area contributed by atoms with Crippen LogP contribution in [0.5, 0.6) is 11.5 Å². The predicted molar refractivity (Wildman–Crippen MR) is 148 cm³/mol. The van der Waals surface area contributed by atoms with Gasteiger partial charge in [-0.15, -0.1) is 5.11 Å². The van der Waals surface area contributed by atoms with Crippen molar-refractivity contribution < 1.29 is 30.9 Å². The summed E-state index contributed by atoms with van der Waals surface area (Å²) in [6.07, 6.45) is 0. The molecule has 0 spiro atoms. The normalized spacial score (nSPS) is 13.6. The highest BCUT2D eigenvalue weighted by Gasteiger charge is 2.37. The summed E-state index contributed by atoms with van der Waals surface area (Å²) in [6, 6.07) is 16.1. The maximum Gasteiger partial charge on any atom is 0.295 e. The SMILES string of the molecule is COc1ccc(CN(Cc2ccc(OC)cc2)S(=O)(=O)c2c(S(=O)(=O)O)ccc(I)c2C2=NCN=N2)cc1. The van der Waals surface area contributed by atoms with Crippen LogP contribution in [0, 0.1) is 3.57 Å². The van der Waals surface area contributed by atoms with Crippen molar-refractivity contribution in [3.63, 3.8) is 0 Å². The first-order valence-electron chi connectivity index (χ1n) is 11.0. The van der Waals surface area contributed by atoms with Gasteiger partial charge in [-0.25, -0.2) is 13.4 Å². The topological polar surface area (TPSA) is 147 Å². The molecule has 1 heterocycles. The molecule has 11 nitrogen and oxygen atoms in total. The summed E-state index contributed by atoms with van der Waals surface area (Å²) in [5.41, 5.74) is 1.21. The molecule has 0 unspecified atom stereocenters. The van der Waals surface area contributed by atoms with Crippen LogP contribution in [0.3, 0.4) is 0 Å². The van der Waals surface area contributed by atoms with E-state index in [1.807, 2.05) is 22.6 Å². The lowest BCUT2D eigenvalue weighted by atomic mass is 10.2. The lowest BCUT2D eigenvalue weighted by Crippen LogP contribution is -2.33. The molecule has 200 valence electrons. The van der Waals surface area contributed by atoms with Gasteiger partial charge >= 0.3 is 0 Å². The summed E-state index contributed by atoms with van der Waals surface area (Å²) in [6.45, 7) is -0.243. The van der Waals surface area contributed by atoms with Gasteiger partial charge in [-0.1, -0.05) is 24.3 Å². The Morgan fingerprint density at radius 2 is 1.39 bits per heavy atom. The Labute approximate surface area is 234 Å². The van der Waals surface area contributed by atoms with E-state index in [0.29, 0.717) is 26.2 Å². The molecule has 3 aromatic rings. The third kappa shape index (κ3) is 6.04. The second kappa shape index (κ2) is 11.4. The van der Waals surface area contributed by atoms with Crippen LogP contribution in [0.25, 0.3) is 0 Å². The largest absolute Gasteiger partial charge is 0.497 e. The van der Waals surface area contributed by atoms with Gasteiger partial charge in [0.15, 0.2) is 12.5 Å². The standard InChI is InChI=1S/C24H23IN4O7S2/c1-35-18-7-3-16(4-8-18)13-29(14-17-5-9-19(36-2)10-6-17)37(30,31)23-21(38(32,33)34)12-11-20(25)22(23)24-26-15-27-28-24/h3-12H,13-15H2,1-2H3,(H,32,33,34). The quantitative estimate of drug-likeness (QED) is 0.252. The van der Waals surface area contributed by atoms with Gasteiger partial charge in [0.2, 0.25) is 10.0 Å². The second-order valence-electron chi connectivity index (χ2n) is 8.06. The lowest BCUT2D eigenvalue weighted by molar-refractivity contribution is 0.395. The molecule has 38 heavy (non-hydrogen) atoms. The number of benzene rings is 3. The lowest BCUT2D eigenvalue weighted by Gasteiger charge is -2.25. The molecule has 1 aliphatic heterocycles. The molecule has 0 atom stereocenters. The van der Waals surface area contributed by atoms with Crippen LogP contribution < -0.4 is 9.47 Å². The zero-order valence-electron chi connectivity index (χ0n) is 20.3. The van der Waals surface area contributed by atoms with E-state index in [0.717, 1.165) is 10.4 Å². The van der Waals surface area contributed by atoms with Crippen LogP contribution in [0.2, 0.25) is 0 Å². The molecule has 0 saturated carbocycles. The van der Waals surface area contributed by atoms with Crippen molar-refractivity contribution >= 4 is 48.6 Å². The van der Waals surface area contributed by atoms with Gasteiger partial charge < -0.3 is 9.47 Å². The van der Waals surface area contributed by atoms with Crippen LogP contribution in [-0.2, 0) is 33.2 Å². The Morgan fingerprint density at radius 3 is 1.82 bits per heavy atom. The number of aliphatic imine (C=N–C) groups is 1. The third-order valence-electron chi connectivity index (χ3n) is 5.66. The molecule has 3 aromatic carbocycles. The Bertz CT molecular complexity index is 1560. The average Bonchev–Trinajstić information content (AvgIpc) is 3.43. The first-order chi connectivity index (χ1) is 18.0. The van der Waals surface area contributed by atoms with E-state index in [4.69, 9.17) is 9.47 Å². The summed E-state index contributed by atoms with van der Waals surface area (Å²) in [5, 5.41) is 7.70. The van der Waals surface area contributed by atoms with Crippen LogP contribution in [0.4, 0.5) is 0 Å². The second-order valence-corrected chi connectivity index (χ2v) is 12.5. The van der Waals surface area contributed by atoms with E-state index in [-0.39, 0.29) is 31.2 Å². The zero-order valence-corrected chi connectivity index (χ0v) is 24.1. The molecular formula is C24H23IN4O7S2. The van der Waals surface area contributed by atoms with Crippen LogP contribution >= 0.6 is 22.6 Å². The summed E-state index contributed by atoms with van der Waals surface area (Å²) in [5.74, 6) is 1.15. The summed E-state index contributed by atoms with van der Waals surface area (Å²) >= 11 is 1.88. The number of hydrogen-bond donors (Lipinski definition) is 1. The number of rotatable bonds is 10. The highest BCUT2D eigenvalue weighted by Crippen LogP contribution is 2.34. The van der Waals surface area contributed by atoms with Crippen molar-refractivity contribution in [3.8, 4) is 11.5 Å². The smallest absolute Gasteiger partial charge is 0.295 e. The Kier molecular flexibility index (Phi) is 8.46. The van der Waals surface area contributed by atoms with Gasteiger partial charge in [-0.2, -0.15) is 17.8 Å². The van der Waals surface area contributed by atoms with Gasteiger partial charge in [-0.05, 0) is 70.1 Å². The van der Waals surface area contributed by atoms with Crippen LogP contribution in [0.15, 0.2) is 85.7 Å². The number of ether oxygens (including phenoxy) is 2. The van der Waals surface area contributed by atoms with Crippen molar-refractivity contribution in [2.75, 3.05) is 20.9 Å². The third-order valence-corrected chi connectivity index (χ3v) is 9.46. The summed E-state index contributed by atoms with van der Waals surface area (Å²) in [7, 11) is -6.50. The predicted octanol–water partition coefficient (Wildman–Crippen LogP) is 4.12. The Morgan fingerprint density at radius 1 is 0.868 bits per heavy atom. The number of hydrogen-bond acceptors (Lipinski definition) is 9. The molecule has 0 amide bonds. The van der Waals surface area contributed by atoms with E-state index >= 15 is 0 Å². The van der Waals surface area contributed by atoms with Crippen molar-refractivity contribution in [3.05, 3.63) is 80.9 Å². The van der Waals surface area contributed by atoms with Crippen molar-refractivity contribution in [2.45, 2.75) is 22.9 Å². The maximum absolute atomic E-state index is 14.4. The molecule has 0 aliphatic carbocycles. The number of methoxy groups -OCH3 is 2. The number of nitrogens with zero attached hydrogens (tertiary/aromatic N) is 4. The monoisotopic (exact) mass is 670 g/mol. The number of halogens is 1. The Balaban J connectivity index is 1.91. The molecule has 1 aliphatic rings. The van der Waals surface area contributed by atoms with Gasteiger partial charge in [0.25, 0.3) is 10.1 Å². The van der Waals surface area contributed by atoms with Crippen molar-refractivity contribution in [1.29, 1.82) is 0 Å².